The number of morpholine rings is 1. The van der Waals surface area contributed by atoms with E-state index in [1.165, 1.54) is 0 Å². The molecule has 1 N–H and O–H groups in total. The minimum absolute atomic E-state index is 0.691. The topological polar surface area (TPSA) is 46.1 Å². The Labute approximate surface area is 129 Å². The Hall–Kier alpha value is -1.50. The van der Waals surface area contributed by atoms with Crippen molar-refractivity contribution in [1.29, 1.82) is 0 Å². The molecule has 1 aliphatic heterocycles. The average Bonchev–Trinajstić information content (AvgIpc) is 2.91. The summed E-state index contributed by atoms with van der Waals surface area (Å²) < 4.78 is 8.15. The number of rotatable bonds is 5. The van der Waals surface area contributed by atoms with Crippen LogP contribution in [0.2, 0.25) is 0 Å². The van der Waals surface area contributed by atoms with Gasteiger partial charge in [0.1, 0.15) is 0 Å². The van der Waals surface area contributed by atoms with Gasteiger partial charge < -0.3 is 9.30 Å². The largest absolute Gasteiger partial charge is 0.379 e. The van der Waals surface area contributed by atoms with E-state index in [9.17, 15) is 0 Å². The predicted molar refractivity (Wildman–Crippen MR) is 84.7 cm³/mol. The SMILES string of the molecule is S=c1[nH]nc(-c2ccccc2)n1CCCN1CCOCC1. The molecule has 21 heavy (non-hydrogen) atoms. The van der Waals surface area contributed by atoms with Crippen LogP contribution >= 0.6 is 12.2 Å². The highest BCUT2D eigenvalue weighted by molar-refractivity contribution is 7.71. The molecular weight excluding hydrogens is 284 g/mol. The number of hydrogen-bond acceptors (Lipinski definition) is 4. The first-order valence-electron chi connectivity index (χ1n) is 7.35. The Bertz CT molecular complexity index is 616. The van der Waals surface area contributed by atoms with Crippen molar-refractivity contribution >= 4 is 12.2 Å². The summed E-state index contributed by atoms with van der Waals surface area (Å²) in [6.07, 6.45) is 1.06. The molecule has 0 bridgehead atoms. The van der Waals surface area contributed by atoms with Gasteiger partial charge in [0.05, 0.1) is 13.2 Å². The van der Waals surface area contributed by atoms with Gasteiger partial charge in [-0.25, -0.2) is 0 Å². The summed E-state index contributed by atoms with van der Waals surface area (Å²) in [6, 6.07) is 10.2. The number of nitrogens with zero attached hydrogens (tertiary/aromatic N) is 3. The van der Waals surface area contributed by atoms with Crippen molar-refractivity contribution < 1.29 is 4.74 Å². The lowest BCUT2D eigenvalue weighted by atomic mass is 10.2. The highest BCUT2D eigenvalue weighted by atomic mass is 32.1. The number of ether oxygens (including phenoxy) is 1. The van der Waals surface area contributed by atoms with E-state index in [2.05, 4.69) is 31.8 Å². The maximum absolute atomic E-state index is 5.37. The van der Waals surface area contributed by atoms with Crippen molar-refractivity contribution in [2.24, 2.45) is 0 Å². The lowest BCUT2D eigenvalue weighted by molar-refractivity contribution is 0.0369. The fourth-order valence-electron chi connectivity index (χ4n) is 2.61. The van der Waals surface area contributed by atoms with Crippen molar-refractivity contribution in [3.05, 3.63) is 35.1 Å². The molecule has 0 radical (unpaired) electrons. The average molecular weight is 304 g/mol. The van der Waals surface area contributed by atoms with Crippen molar-refractivity contribution in [2.75, 3.05) is 32.8 Å². The van der Waals surface area contributed by atoms with Gasteiger partial charge >= 0.3 is 0 Å². The molecule has 0 aliphatic carbocycles. The van der Waals surface area contributed by atoms with Gasteiger partial charge in [0.15, 0.2) is 10.6 Å². The summed E-state index contributed by atoms with van der Waals surface area (Å²) in [7, 11) is 0. The van der Waals surface area contributed by atoms with Crippen molar-refractivity contribution in [3.63, 3.8) is 0 Å². The molecule has 2 heterocycles. The second-order valence-electron chi connectivity index (χ2n) is 5.18. The third kappa shape index (κ3) is 3.58. The van der Waals surface area contributed by atoms with Crippen LogP contribution in [0.4, 0.5) is 0 Å². The monoisotopic (exact) mass is 304 g/mol. The summed E-state index contributed by atoms with van der Waals surface area (Å²) in [4.78, 5) is 2.44. The van der Waals surface area contributed by atoms with Crippen LogP contribution in [-0.2, 0) is 11.3 Å². The summed E-state index contributed by atoms with van der Waals surface area (Å²) in [5.74, 6) is 0.919. The molecule has 5 nitrogen and oxygen atoms in total. The third-order valence-electron chi connectivity index (χ3n) is 3.75. The Morgan fingerprint density at radius 2 is 1.90 bits per heavy atom. The number of aromatic nitrogens is 3. The Kier molecular flexibility index (Phi) is 4.80. The van der Waals surface area contributed by atoms with Gasteiger partial charge in [-0.3, -0.25) is 10.00 Å². The van der Waals surface area contributed by atoms with Gasteiger partial charge in [0, 0.05) is 31.7 Å². The van der Waals surface area contributed by atoms with E-state index < -0.39 is 0 Å². The molecule has 1 saturated heterocycles. The van der Waals surface area contributed by atoms with Crippen LogP contribution in [0.3, 0.4) is 0 Å². The van der Waals surface area contributed by atoms with Gasteiger partial charge in [0.25, 0.3) is 0 Å². The van der Waals surface area contributed by atoms with Crippen LogP contribution in [0.25, 0.3) is 11.4 Å². The summed E-state index contributed by atoms with van der Waals surface area (Å²) in [5, 5.41) is 7.27. The molecule has 6 heteroatoms. The first-order valence-corrected chi connectivity index (χ1v) is 7.76. The van der Waals surface area contributed by atoms with E-state index in [4.69, 9.17) is 17.0 Å². The number of hydrogen-bond donors (Lipinski definition) is 1. The number of benzene rings is 1. The second kappa shape index (κ2) is 6.98. The maximum atomic E-state index is 5.37. The molecule has 2 aromatic rings. The van der Waals surface area contributed by atoms with Gasteiger partial charge in [-0.1, -0.05) is 30.3 Å². The molecular formula is C15H20N4OS. The van der Waals surface area contributed by atoms with Crippen LogP contribution < -0.4 is 0 Å². The zero-order valence-electron chi connectivity index (χ0n) is 12.0. The van der Waals surface area contributed by atoms with E-state index in [1.807, 2.05) is 18.2 Å². The second-order valence-corrected chi connectivity index (χ2v) is 5.56. The molecule has 1 aromatic heterocycles. The maximum Gasteiger partial charge on any atom is 0.195 e. The van der Waals surface area contributed by atoms with Crippen molar-refractivity contribution in [2.45, 2.75) is 13.0 Å². The van der Waals surface area contributed by atoms with E-state index >= 15 is 0 Å². The molecule has 0 saturated carbocycles. The van der Waals surface area contributed by atoms with Crippen LogP contribution in [-0.4, -0.2) is 52.5 Å². The number of H-pyrrole nitrogens is 1. The van der Waals surface area contributed by atoms with Crippen LogP contribution in [0, 0.1) is 4.77 Å². The normalized spacial score (nSPS) is 16.2. The van der Waals surface area contributed by atoms with Gasteiger partial charge in [-0.2, -0.15) is 5.10 Å². The number of aromatic amines is 1. The zero-order chi connectivity index (χ0) is 14.5. The molecule has 0 unspecified atom stereocenters. The Morgan fingerprint density at radius 1 is 1.14 bits per heavy atom. The van der Waals surface area contributed by atoms with E-state index in [1.54, 1.807) is 0 Å². The minimum atomic E-state index is 0.691. The van der Waals surface area contributed by atoms with Crippen LogP contribution in [0.5, 0.6) is 0 Å². The van der Waals surface area contributed by atoms with E-state index in [0.29, 0.717) is 4.77 Å². The van der Waals surface area contributed by atoms with E-state index in [-0.39, 0.29) is 0 Å². The van der Waals surface area contributed by atoms with Crippen molar-refractivity contribution in [3.8, 4) is 11.4 Å². The van der Waals surface area contributed by atoms with Gasteiger partial charge in [-0.05, 0) is 18.6 Å². The van der Waals surface area contributed by atoms with Gasteiger partial charge in [-0.15, -0.1) is 0 Å². The molecule has 3 rings (SSSR count). The summed E-state index contributed by atoms with van der Waals surface area (Å²) in [6.45, 7) is 5.72. The van der Waals surface area contributed by atoms with Crippen LogP contribution in [0.15, 0.2) is 30.3 Å². The molecule has 1 aliphatic rings. The predicted octanol–water partition coefficient (Wildman–Crippen LogP) is 2.33. The van der Waals surface area contributed by atoms with E-state index in [0.717, 1.165) is 57.2 Å². The molecule has 0 atom stereocenters. The quantitative estimate of drug-likeness (QED) is 0.861. The first-order chi connectivity index (χ1) is 10.3. The summed E-state index contributed by atoms with van der Waals surface area (Å²) in [5.41, 5.74) is 1.09. The summed E-state index contributed by atoms with van der Waals surface area (Å²) >= 11 is 5.35. The van der Waals surface area contributed by atoms with Gasteiger partial charge in [0.2, 0.25) is 0 Å². The fourth-order valence-corrected chi connectivity index (χ4v) is 2.83. The Morgan fingerprint density at radius 3 is 2.67 bits per heavy atom. The van der Waals surface area contributed by atoms with Crippen molar-refractivity contribution in [1.82, 2.24) is 19.7 Å². The van der Waals surface area contributed by atoms with Crippen LogP contribution in [0.1, 0.15) is 6.42 Å². The molecule has 1 aromatic carbocycles. The first kappa shape index (κ1) is 14.4. The fraction of sp³-hybridized carbons (Fsp3) is 0.467. The highest BCUT2D eigenvalue weighted by Gasteiger charge is 2.11. The lowest BCUT2D eigenvalue weighted by Crippen LogP contribution is -2.37. The lowest BCUT2D eigenvalue weighted by Gasteiger charge is -2.26. The Balaban J connectivity index is 1.65. The minimum Gasteiger partial charge on any atom is -0.379 e. The molecule has 112 valence electrons. The standard InChI is InChI=1S/C15H20N4OS/c21-15-17-16-14(13-5-2-1-3-6-13)19(15)8-4-7-18-9-11-20-12-10-18/h1-3,5-6H,4,7-12H2,(H,17,21). The molecule has 1 fully saturated rings. The smallest absolute Gasteiger partial charge is 0.195 e. The molecule has 0 spiro atoms. The zero-order valence-corrected chi connectivity index (χ0v) is 12.8. The molecule has 0 amide bonds. The highest BCUT2D eigenvalue weighted by Crippen LogP contribution is 2.17. The number of nitrogens with one attached hydrogen (secondary N) is 1. The third-order valence-corrected chi connectivity index (χ3v) is 4.06.